The number of ketones is 1. The molecule has 1 N–H and O–H groups in total. The van der Waals surface area contributed by atoms with Gasteiger partial charge >= 0.3 is 0 Å². The fourth-order valence-electron chi connectivity index (χ4n) is 3.62. The number of ether oxygens (including phenoxy) is 1. The second-order valence-electron chi connectivity index (χ2n) is 6.91. The highest BCUT2D eigenvalue weighted by Gasteiger charge is 2.32. The van der Waals surface area contributed by atoms with Crippen LogP contribution in [0.4, 0.5) is 5.69 Å². The lowest BCUT2D eigenvalue weighted by atomic mass is 10.1. The van der Waals surface area contributed by atoms with Crippen molar-refractivity contribution < 1.29 is 19.2 Å². The molecule has 0 spiro atoms. The third-order valence-corrected chi connectivity index (χ3v) is 5.35. The van der Waals surface area contributed by atoms with E-state index in [1.54, 1.807) is 6.92 Å². The van der Waals surface area contributed by atoms with Gasteiger partial charge in [0.05, 0.1) is 39.4 Å². The number of hydrogen-bond donors (Lipinski definition) is 1. The number of nitrogens with zero attached hydrogens (tertiary/aromatic N) is 2. The van der Waals surface area contributed by atoms with Crippen molar-refractivity contribution in [1.29, 1.82) is 0 Å². The van der Waals surface area contributed by atoms with Gasteiger partial charge in [0.2, 0.25) is 0 Å². The number of hydrogen-bond acceptors (Lipinski definition) is 4. The number of morpholine rings is 1. The molecule has 6 heteroatoms. The Hall–Kier alpha value is -1.92. The van der Waals surface area contributed by atoms with Crippen LogP contribution < -0.4 is 9.80 Å². The summed E-state index contributed by atoms with van der Waals surface area (Å²) in [7, 11) is 0. The molecule has 0 aliphatic carbocycles. The largest absolute Gasteiger partial charge is 0.378 e. The fourth-order valence-corrected chi connectivity index (χ4v) is 3.62. The van der Waals surface area contributed by atoms with E-state index in [0.717, 1.165) is 37.4 Å². The molecule has 1 aromatic carbocycles. The average molecular weight is 346 g/mol. The van der Waals surface area contributed by atoms with Crippen molar-refractivity contribution in [2.24, 2.45) is 0 Å². The minimum atomic E-state index is 0.000314. The van der Waals surface area contributed by atoms with Crippen LogP contribution in [-0.4, -0.2) is 75.1 Å². The first-order valence-corrected chi connectivity index (χ1v) is 9.13. The van der Waals surface area contributed by atoms with Crippen molar-refractivity contribution >= 4 is 17.4 Å². The number of amides is 1. The first-order chi connectivity index (χ1) is 12.1. The number of quaternary nitrogens is 1. The van der Waals surface area contributed by atoms with Gasteiger partial charge in [-0.3, -0.25) is 9.59 Å². The third-order valence-electron chi connectivity index (χ3n) is 5.35. The smallest absolute Gasteiger partial charge is 0.280 e. The van der Waals surface area contributed by atoms with Crippen LogP contribution in [0.25, 0.3) is 0 Å². The molecule has 0 bridgehead atoms. The molecular formula is C19H28N3O3+. The third kappa shape index (κ3) is 4.19. The Morgan fingerprint density at radius 3 is 2.20 bits per heavy atom. The van der Waals surface area contributed by atoms with Crippen molar-refractivity contribution in [3.05, 3.63) is 29.8 Å². The minimum Gasteiger partial charge on any atom is -0.378 e. The lowest BCUT2D eigenvalue weighted by Gasteiger charge is -2.38. The molecule has 6 nitrogen and oxygen atoms in total. The Morgan fingerprint density at radius 1 is 1.04 bits per heavy atom. The van der Waals surface area contributed by atoms with Crippen LogP contribution in [-0.2, 0) is 9.53 Å². The van der Waals surface area contributed by atoms with Gasteiger partial charge in [0.15, 0.2) is 11.8 Å². The Bertz CT molecular complexity index is 603. The highest BCUT2D eigenvalue weighted by molar-refractivity contribution is 5.94. The molecular weight excluding hydrogens is 318 g/mol. The molecule has 0 saturated carbocycles. The quantitative estimate of drug-likeness (QED) is 0.770. The summed E-state index contributed by atoms with van der Waals surface area (Å²) < 4.78 is 5.33. The minimum absolute atomic E-state index is 0.000314. The van der Waals surface area contributed by atoms with E-state index < -0.39 is 0 Å². The molecule has 2 heterocycles. The van der Waals surface area contributed by atoms with Crippen molar-refractivity contribution in [1.82, 2.24) is 4.90 Å². The fraction of sp³-hybridized carbons (Fsp3) is 0.579. The lowest BCUT2D eigenvalue weighted by molar-refractivity contribution is -0.915. The molecule has 2 fully saturated rings. The summed E-state index contributed by atoms with van der Waals surface area (Å²) in [6.45, 7) is 10.1. The summed E-state index contributed by atoms with van der Waals surface area (Å²) in [6, 6.07) is 7.82. The molecule has 0 radical (unpaired) electrons. The SMILES string of the molecule is CC(=O)c1ccc(N2CC[NH+]([C@@H](C)C(=O)N3CCOCC3)CC2)cc1. The molecule has 136 valence electrons. The summed E-state index contributed by atoms with van der Waals surface area (Å²) in [4.78, 5) is 29.7. The van der Waals surface area contributed by atoms with Gasteiger partial charge in [-0.25, -0.2) is 0 Å². The predicted molar refractivity (Wildman–Crippen MR) is 96.2 cm³/mol. The topological polar surface area (TPSA) is 54.3 Å². The number of Topliss-reactive ketones (excluding diaryl/α,β-unsaturated/α-hetero) is 1. The number of piperazine rings is 1. The highest BCUT2D eigenvalue weighted by Crippen LogP contribution is 2.15. The van der Waals surface area contributed by atoms with Crippen LogP contribution >= 0.6 is 0 Å². The van der Waals surface area contributed by atoms with E-state index in [9.17, 15) is 9.59 Å². The van der Waals surface area contributed by atoms with E-state index >= 15 is 0 Å². The Balaban J connectivity index is 1.54. The maximum Gasteiger partial charge on any atom is 0.280 e. The standard InChI is InChI=1S/C19H27N3O3/c1-15(19(24)22-11-13-25-14-12-22)20-7-9-21(10-8-20)18-5-3-17(4-6-18)16(2)23/h3-6,15H,7-14H2,1-2H3/p+1/t15-/m0/s1. The molecule has 2 saturated heterocycles. The van der Waals surface area contributed by atoms with Crippen molar-refractivity contribution in [3.63, 3.8) is 0 Å². The molecule has 0 aromatic heterocycles. The summed E-state index contributed by atoms with van der Waals surface area (Å²) in [5, 5.41) is 0. The van der Waals surface area contributed by atoms with Crippen LogP contribution in [0, 0.1) is 0 Å². The monoisotopic (exact) mass is 346 g/mol. The molecule has 1 atom stereocenters. The maximum atomic E-state index is 12.7. The molecule has 1 amide bonds. The molecule has 2 aliphatic heterocycles. The number of rotatable bonds is 4. The van der Waals surface area contributed by atoms with E-state index in [0.29, 0.717) is 26.3 Å². The van der Waals surface area contributed by atoms with Gasteiger partial charge < -0.3 is 19.4 Å². The van der Waals surface area contributed by atoms with E-state index in [1.807, 2.05) is 36.1 Å². The van der Waals surface area contributed by atoms with Crippen molar-refractivity contribution in [2.75, 3.05) is 57.4 Å². The number of anilines is 1. The van der Waals surface area contributed by atoms with E-state index in [2.05, 4.69) is 4.90 Å². The van der Waals surface area contributed by atoms with Gasteiger partial charge in [-0.2, -0.15) is 0 Å². The van der Waals surface area contributed by atoms with Gasteiger partial charge in [0, 0.05) is 24.3 Å². The van der Waals surface area contributed by atoms with Crippen LogP contribution in [0.2, 0.25) is 0 Å². The number of benzene rings is 1. The highest BCUT2D eigenvalue weighted by atomic mass is 16.5. The summed E-state index contributed by atoms with van der Waals surface area (Å²) in [5.41, 5.74) is 1.90. The van der Waals surface area contributed by atoms with Crippen LogP contribution in [0.1, 0.15) is 24.2 Å². The summed E-state index contributed by atoms with van der Waals surface area (Å²) in [5.74, 6) is 0.342. The Morgan fingerprint density at radius 2 is 1.64 bits per heavy atom. The zero-order chi connectivity index (χ0) is 17.8. The number of carbonyl (C=O) groups is 2. The normalized spacial score (nSPS) is 20.4. The Labute approximate surface area is 149 Å². The number of carbonyl (C=O) groups excluding carboxylic acids is 2. The zero-order valence-corrected chi connectivity index (χ0v) is 15.2. The Kier molecular flexibility index (Phi) is 5.71. The van der Waals surface area contributed by atoms with Gasteiger partial charge in [-0.15, -0.1) is 0 Å². The lowest BCUT2D eigenvalue weighted by Crippen LogP contribution is -3.19. The van der Waals surface area contributed by atoms with Crippen LogP contribution in [0.5, 0.6) is 0 Å². The van der Waals surface area contributed by atoms with E-state index in [1.165, 1.54) is 4.90 Å². The molecule has 1 aromatic rings. The molecule has 25 heavy (non-hydrogen) atoms. The van der Waals surface area contributed by atoms with Gasteiger partial charge in [-0.1, -0.05) is 0 Å². The predicted octanol–water partition coefficient (Wildman–Crippen LogP) is -0.159. The molecule has 3 rings (SSSR count). The van der Waals surface area contributed by atoms with Gasteiger partial charge in [-0.05, 0) is 38.1 Å². The molecule has 0 unspecified atom stereocenters. The second-order valence-corrected chi connectivity index (χ2v) is 6.91. The zero-order valence-electron chi connectivity index (χ0n) is 15.2. The van der Waals surface area contributed by atoms with Crippen LogP contribution in [0.15, 0.2) is 24.3 Å². The van der Waals surface area contributed by atoms with Crippen LogP contribution in [0.3, 0.4) is 0 Å². The first kappa shape index (κ1) is 17.9. The second kappa shape index (κ2) is 7.97. The van der Waals surface area contributed by atoms with E-state index in [-0.39, 0.29) is 17.7 Å². The average Bonchev–Trinajstić information content (AvgIpc) is 2.67. The molecule has 2 aliphatic rings. The summed E-state index contributed by atoms with van der Waals surface area (Å²) >= 11 is 0. The first-order valence-electron chi connectivity index (χ1n) is 9.13. The summed E-state index contributed by atoms with van der Waals surface area (Å²) in [6.07, 6.45) is 0. The van der Waals surface area contributed by atoms with E-state index in [4.69, 9.17) is 4.74 Å². The van der Waals surface area contributed by atoms with Crippen molar-refractivity contribution in [3.8, 4) is 0 Å². The van der Waals surface area contributed by atoms with Gasteiger partial charge in [0.1, 0.15) is 0 Å². The van der Waals surface area contributed by atoms with Crippen molar-refractivity contribution in [2.45, 2.75) is 19.9 Å². The number of nitrogens with one attached hydrogen (secondary N) is 1. The van der Waals surface area contributed by atoms with Gasteiger partial charge in [0.25, 0.3) is 5.91 Å². The maximum absolute atomic E-state index is 12.7.